The highest BCUT2D eigenvalue weighted by atomic mass is 32.2. The Labute approximate surface area is 234 Å². The molecule has 0 atom stereocenters. The van der Waals surface area contributed by atoms with Gasteiger partial charge in [0.25, 0.3) is 5.56 Å². The maximum absolute atomic E-state index is 14.1. The zero-order chi connectivity index (χ0) is 29.2. The Kier molecular flexibility index (Phi) is 6.57. The lowest BCUT2D eigenvalue weighted by Crippen LogP contribution is -2.43. The van der Waals surface area contributed by atoms with Crippen LogP contribution in [-0.2, 0) is 35.0 Å². The number of hydrogen-bond donors (Lipinski definition) is 0. The van der Waals surface area contributed by atoms with Crippen molar-refractivity contribution < 1.29 is 21.6 Å². The van der Waals surface area contributed by atoms with Crippen LogP contribution in [0, 0.1) is 5.92 Å². The van der Waals surface area contributed by atoms with E-state index in [1.807, 2.05) is 29.8 Å². The normalized spacial score (nSPS) is 23.0. The lowest BCUT2D eigenvalue weighted by molar-refractivity contribution is -0.136. The lowest BCUT2D eigenvalue weighted by atomic mass is 9.58. The van der Waals surface area contributed by atoms with Crippen molar-refractivity contribution in [3.8, 4) is 11.1 Å². The minimum Gasteiger partial charge on any atom is -0.320 e. The molecule has 216 valence electrons. The average Bonchev–Trinajstić information content (AvgIpc) is 3.33. The van der Waals surface area contributed by atoms with Gasteiger partial charge in [-0.25, -0.2) is 13.4 Å². The second kappa shape index (κ2) is 9.76. The third-order valence-electron chi connectivity index (χ3n) is 8.27. The number of aromatic nitrogens is 5. The fraction of sp³-hybridized carbons (Fsp3) is 0.429. The predicted molar refractivity (Wildman–Crippen MR) is 146 cm³/mol. The average molecular weight is 587 g/mol. The summed E-state index contributed by atoms with van der Waals surface area (Å²) in [6.45, 7) is 2.68. The van der Waals surface area contributed by atoms with Crippen LogP contribution in [-0.4, -0.2) is 62.1 Å². The van der Waals surface area contributed by atoms with Crippen LogP contribution >= 0.6 is 0 Å². The Balaban J connectivity index is 1.43. The zero-order valence-corrected chi connectivity index (χ0v) is 23.4. The van der Waals surface area contributed by atoms with Gasteiger partial charge in [-0.3, -0.25) is 14.1 Å². The first-order chi connectivity index (χ1) is 19.4. The molecule has 41 heavy (non-hydrogen) atoms. The fourth-order valence-electron chi connectivity index (χ4n) is 6.28. The van der Waals surface area contributed by atoms with E-state index in [0.717, 1.165) is 34.7 Å². The summed E-state index contributed by atoms with van der Waals surface area (Å²) in [5, 5.41) is 8.43. The molecule has 1 aliphatic heterocycles. The number of halogens is 3. The molecule has 0 amide bonds. The number of fused-ring (bicyclic) bond motifs is 1. The Bertz CT molecular complexity index is 1790. The van der Waals surface area contributed by atoms with E-state index in [9.17, 15) is 26.4 Å². The minimum absolute atomic E-state index is 0.0523. The standard InChI is InChI=1S/C28H29F3N6O3S/c1-18-12-27(13-18,26-34-33-17-35(26)2)21-5-3-4-20(11-21)22-14-32-24-23(28(29,30)31)10-19(16-37(24)25(22)38)15-36-6-8-41(39,40)9-7-36/h3-5,10-11,14,16-18H,6-9,12-13,15H2,1-2H3. The molecule has 1 saturated carbocycles. The highest BCUT2D eigenvalue weighted by Crippen LogP contribution is 2.51. The van der Waals surface area contributed by atoms with E-state index in [1.54, 1.807) is 17.3 Å². The summed E-state index contributed by atoms with van der Waals surface area (Å²) in [5.41, 5.74) is -0.537. The van der Waals surface area contributed by atoms with Crippen molar-refractivity contribution in [2.75, 3.05) is 24.6 Å². The molecule has 6 rings (SSSR count). The van der Waals surface area contributed by atoms with Crippen LogP contribution in [0.5, 0.6) is 0 Å². The number of sulfone groups is 1. The minimum atomic E-state index is -4.74. The largest absolute Gasteiger partial charge is 0.419 e. The molecule has 0 unspecified atom stereocenters. The van der Waals surface area contributed by atoms with Crippen molar-refractivity contribution in [1.82, 2.24) is 29.0 Å². The summed E-state index contributed by atoms with van der Waals surface area (Å²) >= 11 is 0. The van der Waals surface area contributed by atoms with E-state index in [0.29, 0.717) is 11.5 Å². The van der Waals surface area contributed by atoms with Crippen LogP contribution in [0.25, 0.3) is 16.8 Å². The van der Waals surface area contributed by atoms with Gasteiger partial charge in [-0.05, 0) is 47.6 Å². The summed E-state index contributed by atoms with van der Waals surface area (Å²) in [6, 6.07) is 8.46. The first kappa shape index (κ1) is 27.6. The van der Waals surface area contributed by atoms with E-state index in [1.165, 1.54) is 12.4 Å². The Morgan fingerprint density at radius 1 is 1.12 bits per heavy atom. The third-order valence-corrected chi connectivity index (χ3v) is 9.88. The molecule has 0 spiro atoms. The molecule has 0 N–H and O–H groups in total. The van der Waals surface area contributed by atoms with Crippen LogP contribution in [0.15, 0.2) is 53.8 Å². The SMILES string of the molecule is CC1CC(c2cccc(-c3cnc4c(C(F)(F)F)cc(CN5CCS(=O)(=O)CC5)cn4c3=O)c2)(c2nncn2C)C1. The second-order valence-corrected chi connectivity index (χ2v) is 13.6. The molecular formula is C28H29F3N6O3S. The number of alkyl halides is 3. The Hall–Kier alpha value is -3.58. The van der Waals surface area contributed by atoms with Crippen LogP contribution in [0.1, 0.15) is 42.3 Å². The lowest BCUT2D eigenvalue weighted by Gasteiger charge is -2.46. The van der Waals surface area contributed by atoms with Crippen molar-refractivity contribution >= 4 is 15.5 Å². The smallest absolute Gasteiger partial charge is 0.320 e. The monoisotopic (exact) mass is 586 g/mol. The van der Waals surface area contributed by atoms with E-state index >= 15 is 0 Å². The predicted octanol–water partition coefficient (Wildman–Crippen LogP) is 3.46. The molecule has 9 nitrogen and oxygen atoms in total. The molecule has 1 aliphatic carbocycles. The fourth-order valence-corrected chi connectivity index (χ4v) is 7.56. The van der Waals surface area contributed by atoms with Crippen molar-refractivity contribution in [1.29, 1.82) is 0 Å². The maximum Gasteiger partial charge on any atom is 0.419 e. The molecule has 4 aromatic rings. The highest BCUT2D eigenvalue weighted by Gasteiger charge is 2.48. The van der Waals surface area contributed by atoms with Crippen LogP contribution in [0.4, 0.5) is 13.2 Å². The Morgan fingerprint density at radius 2 is 1.85 bits per heavy atom. The summed E-state index contributed by atoms with van der Waals surface area (Å²) < 4.78 is 68.7. The second-order valence-electron chi connectivity index (χ2n) is 11.3. The van der Waals surface area contributed by atoms with E-state index < -0.39 is 32.8 Å². The third kappa shape index (κ3) is 4.94. The van der Waals surface area contributed by atoms with Gasteiger partial charge in [0.1, 0.15) is 12.2 Å². The van der Waals surface area contributed by atoms with Crippen molar-refractivity contribution in [2.24, 2.45) is 13.0 Å². The van der Waals surface area contributed by atoms with Crippen LogP contribution in [0.3, 0.4) is 0 Å². The summed E-state index contributed by atoms with van der Waals surface area (Å²) in [6.07, 6.45) is 1.21. The first-order valence-corrected chi connectivity index (χ1v) is 15.2. The summed E-state index contributed by atoms with van der Waals surface area (Å²) in [5.74, 6) is 1.20. The number of pyridine rings is 1. The molecule has 0 bridgehead atoms. The van der Waals surface area contributed by atoms with E-state index in [-0.39, 0.29) is 47.7 Å². The summed E-state index contributed by atoms with van der Waals surface area (Å²) in [7, 11) is -1.25. The van der Waals surface area contributed by atoms with Crippen molar-refractivity contribution in [3.05, 3.63) is 81.9 Å². The topological polar surface area (TPSA) is 102 Å². The number of hydrogen-bond acceptors (Lipinski definition) is 7. The summed E-state index contributed by atoms with van der Waals surface area (Å²) in [4.78, 5) is 19.6. The van der Waals surface area contributed by atoms with Gasteiger partial charge in [0.2, 0.25) is 0 Å². The molecule has 4 heterocycles. The molecule has 1 saturated heterocycles. The van der Waals surface area contributed by atoms with Gasteiger partial charge in [0.05, 0.1) is 28.0 Å². The van der Waals surface area contributed by atoms with Gasteiger partial charge in [0.15, 0.2) is 15.5 Å². The van der Waals surface area contributed by atoms with Gasteiger partial charge >= 0.3 is 6.18 Å². The highest BCUT2D eigenvalue weighted by molar-refractivity contribution is 7.91. The van der Waals surface area contributed by atoms with Gasteiger partial charge in [-0.2, -0.15) is 13.2 Å². The number of benzene rings is 1. The Morgan fingerprint density at radius 3 is 2.49 bits per heavy atom. The quantitative estimate of drug-likeness (QED) is 0.353. The molecule has 2 aliphatic rings. The van der Waals surface area contributed by atoms with Gasteiger partial charge in [-0.1, -0.05) is 25.1 Å². The molecule has 3 aromatic heterocycles. The van der Waals surface area contributed by atoms with E-state index in [4.69, 9.17) is 0 Å². The molecule has 0 radical (unpaired) electrons. The zero-order valence-electron chi connectivity index (χ0n) is 22.6. The van der Waals surface area contributed by atoms with E-state index in [2.05, 4.69) is 22.1 Å². The molecule has 2 fully saturated rings. The number of nitrogens with zero attached hydrogens (tertiary/aromatic N) is 6. The van der Waals surface area contributed by atoms with Crippen molar-refractivity contribution in [2.45, 2.75) is 37.9 Å². The van der Waals surface area contributed by atoms with Gasteiger partial charge < -0.3 is 4.57 Å². The van der Waals surface area contributed by atoms with Crippen molar-refractivity contribution in [3.63, 3.8) is 0 Å². The number of rotatable bonds is 5. The maximum atomic E-state index is 14.1. The molecule has 13 heteroatoms. The molecule has 1 aromatic carbocycles. The van der Waals surface area contributed by atoms with Gasteiger partial charge in [0, 0.05) is 39.1 Å². The number of aryl methyl sites for hydroxylation is 1. The molecular weight excluding hydrogens is 557 g/mol. The van der Waals surface area contributed by atoms with Crippen LogP contribution in [0.2, 0.25) is 0 Å². The van der Waals surface area contributed by atoms with Gasteiger partial charge in [-0.15, -0.1) is 10.2 Å². The van der Waals surface area contributed by atoms with Crippen LogP contribution < -0.4 is 5.56 Å². The first-order valence-electron chi connectivity index (χ1n) is 13.4.